The van der Waals surface area contributed by atoms with Crippen molar-refractivity contribution in [2.75, 3.05) is 20.2 Å². The number of methoxy groups -OCH3 is 1. The normalized spacial score (nSPS) is 14.8. The second-order valence-corrected chi connectivity index (χ2v) is 7.89. The van der Waals surface area contributed by atoms with E-state index in [-0.39, 0.29) is 5.91 Å². The number of ether oxygens (including phenoxy) is 1. The summed E-state index contributed by atoms with van der Waals surface area (Å²) in [5.74, 6) is 1.42. The third-order valence-electron chi connectivity index (χ3n) is 5.47. The van der Waals surface area contributed by atoms with Crippen LogP contribution in [0.15, 0.2) is 54.6 Å². The first-order chi connectivity index (χ1) is 14.1. The first kappa shape index (κ1) is 19.5. The van der Waals surface area contributed by atoms with E-state index in [2.05, 4.69) is 6.92 Å². The van der Waals surface area contributed by atoms with E-state index >= 15 is 0 Å². The maximum atomic E-state index is 13.4. The molecule has 0 unspecified atom stereocenters. The molecule has 0 spiro atoms. The number of nitrogens with zero attached hydrogens (tertiary/aromatic N) is 3. The average Bonchev–Trinajstić information content (AvgIpc) is 3.19. The highest BCUT2D eigenvalue weighted by Gasteiger charge is 2.26. The topological polar surface area (TPSA) is 47.4 Å². The van der Waals surface area contributed by atoms with Crippen LogP contribution < -0.4 is 4.74 Å². The van der Waals surface area contributed by atoms with Gasteiger partial charge in [0.2, 0.25) is 0 Å². The minimum absolute atomic E-state index is 0.0101. The molecule has 29 heavy (non-hydrogen) atoms. The van der Waals surface area contributed by atoms with E-state index in [1.54, 1.807) is 11.8 Å². The minimum Gasteiger partial charge on any atom is -0.497 e. The molecule has 150 valence electrons. The molecule has 0 saturated carbocycles. The van der Waals surface area contributed by atoms with Gasteiger partial charge in [-0.2, -0.15) is 5.10 Å². The van der Waals surface area contributed by atoms with Crippen molar-refractivity contribution in [3.05, 3.63) is 65.3 Å². The molecule has 1 saturated heterocycles. The van der Waals surface area contributed by atoms with Gasteiger partial charge in [-0.1, -0.05) is 30.7 Å². The van der Waals surface area contributed by atoms with Crippen LogP contribution in [0.1, 0.15) is 30.3 Å². The number of halogens is 1. The molecular weight excluding hydrogens is 386 g/mol. The lowest BCUT2D eigenvalue weighted by molar-refractivity contribution is 0.0688. The molecule has 5 nitrogen and oxygen atoms in total. The molecule has 2 aromatic carbocycles. The van der Waals surface area contributed by atoms with E-state index in [9.17, 15) is 4.79 Å². The van der Waals surface area contributed by atoms with Crippen LogP contribution in [0.25, 0.3) is 16.9 Å². The zero-order chi connectivity index (χ0) is 20.4. The van der Waals surface area contributed by atoms with Crippen molar-refractivity contribution in [1.29, 1.82) is 0 Å². The lowest BCUT2D eigenvalue weighted by Gasteiger charge is -2.30. The van der Waals surface area contributed by atoms with Gasteiger partial charge in [0, 0.05) is 18.7 Å². The number of hydrogen-bond donors (Lipinski definition) is 0. The Morgan fingerprint density at radius 2 is 1.79 bits per heavy atom. The van der Waals surface area contributed by atoms with Crippen molar-refractivity contribution in [2.45, 2.75) is 19.8 Å². The second kappa shape index (κ2) is 8.29. The van der Waals surface area contributed by atoms with E-state index in [1.807, 2.05) is 59.5 Å². The van der Waals surface area contributed by atoms with Gasteiger partial charge in [-0.25, -0.2) is 4.68 Å². The molecule has 4 rings (SSSR count). The van der Waals surface area contributed by atoms with Crippen molar-refractivity contribution < 1.29 is 9.53 Å². The fourth-order valence-corrected chi connectivity index (χ4v) is 3.83. The van der Waals surface area contributed by atoms with E-state index in [0.29, 0.717) is 22.3 Å². The SMILES string of the molecule is COc1ccc(-c2cc(C(=O)N3CCC(C)CC3)n(-c3ccccc3Cl)n2)cc1. The number of likely N-dealkylation sites (tertiary alicyclic amines) is 1. The summed E-state index contributed by atoms with van der Waals surface area (Å²) in [6.45, 7) is 3.77. The summed E-state index contributed by atoms with van der Waals surface area (Å²) >= 11 is 6.43. The molecule has 1 amide bonds. The molecular formula is C23H24ClN3O2. The molecule has 2 heterocycles. The largest absolute Gasteiger partial charge is 0.497 e. The third kappa shape index (κ3) is 4.01. The van der Waals surface area contributed by atoms with Crippen LogP contribution in [-0.4, -0.2) is 40.8 Å². The summed E-state index contributed by atoms with van der Waals surface area (Å²) in [7, 11) is 1.64. The molecule has 1 aliphatic heterocycles. The number of hydrogen-bond acceptors (Lipinski definition) is 3. The van der Waals surface area contributed by atoms with E-state index < -0.39 is 0 Å². The highest BCUT2D eigenvalue weighted by atomic mass is 35.5. The van der Waals surface area contributed by atoms with Crippen LogP contribution in [0.4, 0.5) is 0 Å². The lowest BCUT2D eigenvalue weighted by Crippen LogP contribution is -2.38. The molecule has 1 fully saturated rings. The number of benzene rings is 2. The summed E-state index contributed by atoms with van der Waals surface area (Å²) in [5.41, 5.74) is 2.86. The summed E-state index contributed by atoms with van der Waals surface area (Å²) in [6, 6.07) is 17.0. The van der Waals surface area contributed by atoms with Crippen LogP contribution in [0, 0.1) is 5.92 Å². The van der Waals surface area contributed by atoms with Crippen LogP contribution in [0.5, 0.6) is 5.75 Å². The van der Waals surface area contributed by atoms with Crippen molar-refractivity contribution in [3.8, 4) is 22.7 Å². The molecule has 0 atom stereocenters. The predicted octanol–water partition coefficient (Wildman–Crippen LogP) is 5.07. The standard InChI is InChI=1S/C23H24ClN3O2/c1-16-11-13-26(14-12-16)23(28)22-15-20(17-7-9-18(29-2)10-8-17)25-27(22)21-6-4-3-5-19(21)24/h3-10,15-16H,11-14H2,1-2H3. The summed E-state index contributed by atoms with van der Waals surface area (Å²) < 4.78 is 6.91. The molecule has 0 N–H and O–H groups in total. The number of amides is 1. The van der Waals surface area contributed by atoms with Crippen LogP contribution in [0.3, 0.4) is 0 Å². The van der Waals surface area contributed by atoms with Gasteiger partial charge in [-0.05, 0) is 61.2 Å². The Balaban J connectivity index is 1.76. The number of aromatic nitrogens is 2. The predicted molar refractivity (Wildman–Crippen MR) is 115 cm³/mol. The monoisotopic (exact) mass is 409 g/mol. The lowest BCUT2D eigenvalue weighted by atomic mass is 9.99. The Morgan fingerprint density at radius 1 is 1.10 bits per heavy atom. The van der Waals surface area contributed by atoms with Gasteiger partial charge in [0.05, 0.1) is 23.5 Å². The van der Waals surface area contributed by atoms with Gasteiger partial charge in [0.25, 0.3) is 5.91 Å². The van der Waals surface area contributed by atoms with E-state index in [1.165, 1.54) is 0 Å². The van der Waals surface area contributed by atoms with Gasteiger partial charge < -0.3 is 9.64 Å². The van der Waals surface area contributed by atoms with Crippen LogP contribution in [0.2, 0.25) is 5.02 Å². The van der Waals surface area contributed by atoms with Gasteiger partial charge >= 0.3 is 0 Å². The molecule has 1 aromatic heterocycles. The zero-order valence-corrected chi connectivity index (χ0v) is 17.4. The quantitative estimate of drug-likeness (QED) is 0.604. The van der Waals surface area contributed by atoms with Crippen molar-refractivity contribution in [3.63, 3.8) is 0 Å². The first-order valence-electron chi connectivity index (χ1n) is 9.85. The summed E-state index contributed by atoms with van der Waals surface area (Å²) in [4.78, 5) is 15.3. The molecule has 3 aromatic rings. The number of rotatable bonds is 4. The van der Waals surface area contributed by atoms with Crippen molar-refractivity contribution in [1.82, 2.24) is 14.7 Å². The molecule has 0 bridgehead atoms. The Hall–Kier alpha value is -2.79. The highest BCUT2D eigenvalue weighted by Crippen LogP contribution is 2.28. The van der Waals surface area contributed by atoms with Gasteiger partial charge in [0.15, 0.2) is 0 Å². The van der Waals surface area contributed by atoms with Crippen molar-refractivity contribution in [2.24, 2.45) is 5.92 Å². The number of para-hydroxylation sites is 1. The van der Waals surface area contributed by atoms with E-state index in [4.69, 9.17) is 21.4 Å². The maximum absolute atomic E-state index is 13.4. The summed E-state index contributed by atoms with van der Waals surface area (Å²) in [5, 5.41) is 5.30. The fourth-order valence-electron chi connectivity index (χ4n) is 3.62. The maximum Gasteiger partial charge on any atom is 0.272 e. The third-order valence-corrected chi connectivity index (χ3v) is 5.79. The fraction of sp³-hybridized carbons (Fsp3) is 0.304. The summed E-state index contributed by atoms with van der Waals surface area (Å²) in [6.07, 6.45) is 2.05. The molecule has 6 heteroatoms. The smallest absolute Gasteiger partial charge is 0.272 e. The molecule has 0 radical (unpaired) electrons. The number of piperidine rings is 1. The van der Waals surface area contributed by atoms with E-state index in [0.717, 1.165) is 42.9 Å². The first-order valence-corrected chi connectivity index (χ1v) is 10.2. The number of carbonyl (C=O) groups is 1. The van der Waals surface area contributed by atoms with Gasteiger partial charge in [-0.3, -0.25) is 4.79 Å². The molecule has 0 aliphatic carbocycles. The van der Waals surface area contributed by atoms with Crippen molar-refractivity contribution >= 4 is 17.5 Å². The van der Waals surface area contributed by atoms with Crippen LogP contribution in [-0.2, 0) is 0 Å². The average molecular weight is 410 g/mol. The zero-order valence-electron chi connectivity index (χ0n) is 16.6. The minimum atomic E-state index is -0.0101. The van der Waals surface area contributed by atoms with Gasteiger partial charge in [0.1, 0.15) is 11.4 Å². The molecule has 1 aliphatic rings. The Labute approximate surface area is 175 Å². The Morgan fingerprint density at radius 3 is 2.45 bits per heavy atom. The van der Waals surface area contributed by atoms with Gasteiger partial charge in [-0.15, -0.1) is 0 Å². The second-order valence-electron chi connectivity index (χ2n) is 7.48. The van der Waals surface area contributed by atoms with Crippen LogP contribution >= 0.6 is 11.6 Å². The Kier molecular flexibility index (Phi) is 5.58. The number of carbonyl (C=O) groups excluding carboxylic acids is 1. The highest BCUT2D eigenvalue weighted by molar-refractivity contribution is 6.32. The Bertz CT molecular complexity index is 1010.